The molecular formula is C9H11NO2S. The van der Waals surface area contributed by atoms with Crippen molar-refractivity contribution in [2.75, 3.05) is 0 Å². The number of carbonyl (C=O) groups is 1. The zero-order chi connectivity index (χ0) is 9.84. The number of thiazole rings is 1. The zero-order valence-corrected chi connectivity index (χ0v) is 8.39. The Bertz CT molecular complexity index is 341. The number of aromatic nitrogens is 1. The minimum absolute atomic E-state index is 0.298. The van der Waals surface area contributed by atoms with Gasteiger partial charge in [-0.15, -0.1) is 11.3 Å². The third-order valence-electron chi connectivity index (χ3n) is 1.53. The monoisotopic (exact) mass is 197 g/mol. The molecule has 1 rings (SSSR count). The lowest BCUT2D eigenvalue weighted by Crippen LogP contribution is -1.99. The Hall–Kier alpha value is -1.16. The molecule has 0 aliphatic carbocycles. The molecule has 0 saturated heterocycles. The molecule has 0 fully saturated rings. The first kappa shape index (κ1) is 9.92. The van der Waals surface area contributed by atoms with Crippen LogP contribution in [0.5, 0.6) is 0 Å². The number of allylic oxidation sites excluding steroid dienone is 1. The molecule has 0 bridgehead atoms. The van der Waals surface area contributed by atoms with Gasteiger partial charge in [-0.05, 0) is 13.3 Å². The Kier molecular flexibility index (Phi) is 3.19. The standard InChI is InChI=1S/C9H11NO2S/c1-3-4-7(9(11)12)8-5-13-6(2)10-8/h4-5H,3H2,1-2H3,(H,11,12)/b7-4+. The molecule has 13 heavy (non-hydrogen) atoms. The second-order valence-electron chi connectivity index (χ2n) is 2.58. The van der Waals surface area contributed by atoms with E-state index in [4.69, 9.17) is 5.11 Å². The van der Waals surface area contributed by atoms with Crippen LogP contribution in [0.2, 0.25) is 0 Å². The van der Waals surface area contributed by atoms with Gasteiger partial charge in [0.2, 0.25) is 0 Å². The maximum absolute atomic E-state index is 10.8. The Balaban J connectivity index is 3.02. The summed E-state index contributed by atoms with van der Waals surface area (Å²) in [6.07, 6.45) is 2.38. The number of carboxylic acid groups (broad SMARTS) is 1. The van der Waals surface area contributed by atoms with E-state index >= 15 is 0 Å². The van der Waals surface area contributed by atoms with Crippen LogP contribution in [0, 0.1) is 6.92 Å². The summed E-state index contributed by atoms with van der Waals surface area (Å²) in [6, 6.07) is 0. The van der Waals surface area contributed by atoms with Crippen molar-refractivity contribution in [3.63, 3.8) is 0 Å². The molecule has 4 heteroatoms. The van der Waals surface area contributed by atoms with Gasteiger partial charge in [0.05, 0.1) is 16.3 Å². The van der Waals surface area contributed by atoms with Crippen LogP contribution in [-0.2, 0) is 4.79 Å². The van der Waals surface area contributed by atoms with Gasteiger partial charge >= 0.3 is 5.97 Å². The van der Waals surface area contributed by atoms with Crippen molar-refractivity contribution in [2.45, 2.75) is 20.3 Å². The molecule has 0 aromatic carbocycles. The number of carboxylic acids is 1. The van der Waals surface area contributed by atoms with E-state index in [1.807, 2.05) is 13.8 Å². The first-order valence-corrected chi connectivity index (χ1v) is 4.89. The van der Waals surface area contributed by atoms with Crippen molar-refractivity contribution in [2.24, 2.45) is 0 Å². The van der Waals surface area contributed by atoms with Crippen LogP contribution in [-0.4, -0.2) is 16.1 Å². The van der Waals surface area contributed by atoms with E-state index < -0.39 is 5.97 Å². The Labute approximate surface area is 80.7 Å². The van der Waals surface area contributed by atoms with Gasteiger partial charge in [0, 0.05) is 5.38 Å². The van der Waals surface area contributed by atoms with Gasteiger partial charge < -0.3 is 5.11 Å². The van der Waals surface area contributed by atoms with Gasteiger partial charge in [-0.25, -0.2) is 9.78 Å². The molecule has 1 aromatic heterocycles. The largest absolute Gasteiger partial charge is 0.478 e. The summed E-state index contributed by atoms with van der Waals surface area (Å²) in [5.41, 5.74) is 0.865. The molecule has 1 aromatic rings. The molecule has 70 valence electrons. The highest BCUT2D eigenvalue weighted by molar-refractivity contribution is 7.09. The van der Waals surface area contributed by atoms with Crippen LogP contribution < -0.4 is 0 Å². The van der Waals surface area contributed by atoms with Crippen LogP contribution in [0.25, 0.3) is 5.57 Å². The van der Waals surface area contributed by atoms with Crippen LogP contribution >= 0.6 is 11.3 Å². The number of nitrogens with zero attached hydrogens (tertiary/aromatic N) is 1. The zero-order valence-electron chi connectivity index (χ0n) is 7.57. The predicted octanol–water partition coefficient (Wildman–Crippen LogP) is 2.33. The number of rotatable bonds is 3. The molecule has 0 aliphatic rings. The van der Waals surface area contributed by atoms with E-state index in [1.54, 1.807) is 11.5 Å². The number of hydrogen-bond donors (Lipinski definition) is 1. The Morgan fingerprint density at radius 2 is 2.46 bits per heavy atom. The summed E-state index contributed by atoms with van der Waals surface area (Å²) in [7, 11) is 0. The van der Waals surface area contributed by atoms with Gasteiger partial charge in [0.1, 0.15) is 0 Å². The smallest absolute Gasteiger partial charge is 0.337 e. The molecule has 3 nitrogen and oxygen atoms in total. The van der Waals surface area contributed by atoms with E-state index in [-0.39, 0.29) is 0 Å². The van der Waals surface area contributed by atoms with E-state index in [1.165, 1.54) is 11.3 Å². The molecule has 0 saturated carbocycles. The average Bonchev–Trinajstić information content (AvgIpc) is 2.46. The normalized spacial score (nSPS) is 11.7. The fourth-order valence-electron chi connectivity index (χ4n) is 0.993. The molecule has 0 aliphatic heterocycles. The average molecular weight is 197 g/mol. The summed E-state index contributed by atoms with van der Waals surface area (Å²) >= 11 is 1.46. The van der Waals surface area contributed by atoms with Crippen molar-refractivity contribution >= 4 is 22.9 Å². The first-order chi connectivity index (χ1) is 6.15. The summed E-state index contributed by atoms with van der Waals surface area (Å²) in [5.74, 6) is -0.910. The van der Waals surface area contributed by atoms with Crippen LogP contribution in [0.15, 0.2) is 11.5 Å². The minimum Gasteiger partial charge on any atom is -0.478 e. The molecule has 0 unspecified atom stereocenters. The lowest BCUT2D eigenvalue weighted by molar-refractivity contribution is -0.130. The van der Waals surface area contributed by atoms with Gasteiger partial charge in [0.15, 0.2) is 0 Å². The second-order valence-corrected chi connectivity index (χ2v) is 3.65. The van der Waals surface area contributed by atoms with Gasteiger partial charge in [-0.1, -0.05) is 13.0 Å². The van der Waals surface area contributed by atoms with E-state index in [0.29, 0.717) is 17.7 Å². The fourth-order valence-corrected chi connectivity index (χ4v) is 1.61. The van der Waals surface area contributed by atoms with Crippen molar-refractivity contribution in [1.82, 2.24) is 4.98 Å². The van der Waals surface area contributed by atoms with Gasteiger partial charge in [-0.3, -0.25) is 0 Å². The number of aryl methyl sites for hydroxylation is 1. The fraction of sp³-hybridized carbons (Fsp3) is 0.333. The second kappa shape index (κ2) is 4.18. The lowest BCUT2D eigenvalue weighted by atomic mass is 10.2. The topological polar surface area (TPSA) is 50.2 Å². The molecule has 1 N–H and O–H groups in total. The highest BCUT2D eigenvalue weighted by Gasteiger charge is 2.11. The highest BCUT2D eigenvalue weighted by atomic mass is 32.1. The molecule has 0 radical (unpaired) electrons. The van der Waals surface area contributed by atoms with Gasteiger partial charge in [-0.2, -0.15) is 0 Å². The van der Waals surface area contributed by atoms with Crippen molar-refractivity contribution in [3.8, 4) is 0 Å². The quantitative estimate of drug-likeness (QED) is 0.756. The molecule has 0 atom stereocenters. The minimum atomic E-state index is -0.910. The van der Waals surface area contributed by atoms with E-state index in [2.05, 4.69) is 4.98 Å². The van der Waals surface area contributed by atoms with Crippen LogP contribution in [0.1, 0.15) is 24.0 Å². The first-order valence-electron chi connectivity index (χ1n) is 4.01. The predicted molar refractivity (Wildman–Crippen MR) is 52.8 cm³/mol. The number of hydrogen-bond acceptors (Lipinski definition) is 3. The van der Waals surface area contributed by atoms with E-state index in [9.17, 15) is 4.79 Å². The highest BCUT2D eigenvalue weighted by Crippen LogP contribution is 2.17. The SMILES string of the molecule is CC/C=C(/C(=O)O)c1csc(C)n1. The van der Waals surface area contributed by atoms with Crippen molar-refractivity contribution < 1.29 is 9.90 Å². The molecule has 1 heterocycles. The Morgan fingerprint density at radius 3 is 2.85 bits per heavy atom. The summed E-state index contributed by atoms with van der Waals surface area (Å²) in [5, 5.41) is 11.5. The van der Waals surface area contributed by atoms with Crippen molar-refractivity contribution in [3.05, 3.63) is 22.2 Å². The maximum atomic E-state index is 10.8. The van der Waals surface area contributed by atoms with Crippen LogP contribution in [0.4, 0.5) is 0 Å². The summed E-state index contributed by atoms with van der Waals surface area (Å²) in [4.78, 5) is 14.9. The van der Waals surface area contributed by atoms with Crippen LogP contribution in [0.3, 0.4) is 0 Å². The summed E-state index contributed by atoms with van der Waals surface area (Å²) < 4.78 is 0. The third kappa shape index (κ3) is 2.39. The van der Waals surface area contributed by atoms with Crippen molar-refractivity contribution in [1.29, 1.82) is 0 Å². The molecular weight excluding hydrogens is 186 g/mol. The maximum Gasteiger partial charge on any atom is 0.337 e. The molecule has 0 spiro atoms. The molecule has 0 amide bonds. The van der Waals surface area contributed by atoms with Gasteiger partial charge in [0.25, 0.3) is 0 Å². The van der Waals surface area contributed by atoms with E-state index in [0.717, 1.165) is 5.01 Å². The lowest BCUT2D eigenvalue weighted by Gasteiger charge is -1.95. The number of aliphatic carboxylic acids is 1. The Morgan fingerprint density at radius 1 is 1.77 bits per heavy atom. The third-order valence-corrected chi connectivity index (χ3v) is 2.31. The summed E-state index contributed by atoms with van der Waals surface area (Å²) in [6.45, 7) is 3.77.